The van der Waals surface area contributed by atoms with Crippen LogP contribution >= 0.6 is 11.6 Å². The molecule has 14 heavy (non-hydrogen) atoms. The molecule has 1 amide bonds. The van der Waals surface area contributed by atoms with E-state index in [1.54, 1.807) is 0 Å². The fourth-order valence-corrected chi connectivity index (χ4v) is 1.40. The summed E-state index contributed by atoms with van der Waals surface area (Å²) in [6.45, 7) is 2.12. The van der Waals surface area contributed by atoms with Crippen LogP contribution in [0.4, 0.5) is 0 Å². The van der Waals surface area contributed by atoms with E-state index in [1.165, 1.54) is 0 Å². The van der Waals surface area contributed by atoms with Gasteiger partial charge in [0, 0.05) is 24.9 Å². The van der Waals surface area contributed by atoms with E-state index in [1.807, 2.05) is 6.92 Å². The zero-order chi connectivity index (χ0) is 10.8. The lowest BCUT2D eigenvalue weighted by atomic mass is 10.1. The van der Waals surface area contributed by atoms with Crippen molar-refractivity contribution in [1.29, 1.82) is 0 Å². The smallest absolute Gasteiger partial charge is 0.220 e. The van der Waals surface area contributed by atoms with Gasteiger partial charge in [-0.05, 0) is 25.7 Å². The fraction of sp³-hybridized carbons (Fsp3) is 0.900. The molecule has 2 N–H and O–H groups in total. The first-order valence-corrected chi connectivity index (χ1v) is 5.74. The average Bonchev–Trinajstić information content (AvgIpc) is 2.17. The van der Waals surface area contributed by atoms with Gasteiger partial charge < -0.3 is 10.4 Å². The van der Waals surface area contributed by atoms with Crippen molar-refractivity contribution < 1.29 is 9.90 Å². The van der Waals surface area contributed by atoms with Crippen molar-refractivity contribution in [2.75, 3.05) is 12.5 Å². The second-order valence-corrected chi connectivity index (χ2v) is 3.71. The predicted molar refractivity (Wildman–Crippen MR) is 58.5 cm³/mol. The van der Waals surface area contributed by atoms with Gasteiger partial charge in [0.25, 0.3) is 0 Å². The standard InChI is InChI=1S/C10H20ClNO2/c1-2-9(6-8-13)12-10(14)5-3-4-7-11/h9,13H,2-8H2,1H3,(H,12,14). The molecule has 84 valence electrons. The quantitative estimate of drug-likeness (QED) is 0.484. The zero-order valence-corrected chi connectivity index (χ0v) is 9.52. The summed E-state index contributed by atoms with van der Waals surface area (Å²) < 4.78 is 0. The van der Waals surface area contributed by atoms with E-state index in [-0.39, 0.29) is 18.6 Å². The summed E-state index contributed by atoms with van der Waals surface area (Å²) in [4.78, 5) is 11.3. The minimum absolute atomic E-state index is 0.0652. The molecule has 0 spiro atoms. The van der Waals surface area contributed by atoms with Gasteiger partial charge in [-0.3, -0.25) is 4.79 Å². The van der Waals surface area contributed by atoms with Gasteiger partial charge in [-0.15, -0.1) is 11.6 Å². The van der Waals surface area contributed by atoms with Crippen LogP contribution in [0.3, 0.4) is 0 Å². The van der Waals surface area contributed by atoms with Gasteiger partial charge in [-0.25, -0.2) is 0 Å². The van der Waals surface area contributed by atoms with Gasteiger partial charge in [0.15, 0.2) is 0 Å². The Morgan fingerprint density at radius 1 is 1.50 bits per heavy atom. The number of unbranched alkanes of at least 4 members (excludes halogenated alkanes) is 1. The van der Waals surface area contributed by atoms with Crippen molar-refractivity contribution in [3.63, 3.8) is 0 Å². The van der Waals surface area contributed by atoms with Crippen molar-refractivity contribution in [3.8, 4) is 0 Å². The van der Waals surface area contributed by atoms with Gasteiger partial charge in [0.1, 0.15) is 0 Å². The summed E-state index contributed by atoms with van der Waals surface area (Å²) >= 11 is 5.50. The number of aliphatic hydroxyl groups is 1. The Morgan fingerprint density at radius 3 is 2.71 bits per heavy atom. The maximum atomic E-state index is 11.3. The first-order valence-electron chi connectivity index (χ1n) is 5.20. The van der Waals surface area contributed by atoms with Crippen LogP contribution in [0, 0.1) is 0 Å². The van der Waals surface area contributed by atoms with Gasteiger partial charge in [0.05, 0.1) is 0 Å². The molecule has 0 saturated heterocycles. The lowest BCUT2D eigenvalue weighted by Gasteiger charge is -2.15. The molecule has 0 aliphatic heterocycles. The van der Waals surface area contributed by atoms with E-state index in [0.717, 1.165) is 19.3 Å². The van der Waals surface area contributed by atoms with Gasteiger partial charge >= 0.3 is 0 Å². The van der Waals surface area contributed by atoms with Crippen LogP contribution in [0.2, 0.25) is 0 Å². The highest BCUT2D eigenvalue weighted by molar-refractivity contribution is 6.17. The van der Waals surface area contributed by atoms with Crippen LogP contribution in [-0.2, 0) is 4.79 Å². The molecule has 0 aromatic heterocycles. The van der Waals surface area contributed by atoms with E-state index >= 15 is 0 Å². The van der Waals surface area contributed by atoms with Crippen LogP contribution in [0.1, 0.15) is 39.0 Å². The number of amides is 1. The summed E-state index contributed by atoms with van der Waals surface area (Å²) in [5.74, 6) is 0.677. The third-order valence-electron chi connectivity index (χ3n) is 2.12. The summed E-state index contributed by atoms with van der Waals surface area (Å²) in [7, 11) is 0. The molecule has 4 heteroatoms. The molecular weight excluding hydrogens is 202 g/mol. The number of carbonyl (C=O) groups excluding carboxylic acids is 1. The van der Waals surface area contributed by atoms with E-state index < -0.39 is 0 Å². The largest absolute Gasteiger partial charge is 0.396 e. The Labute approximate surface area is 90.8 Å². The minimum Gasteiger partial charge on any atom is -0.396 e. The summed E-state index contributed by atoms with van der Waals surface area (Å²) in [5.41, 5.74) is 0. The number of hydrogen-bond donors (Lipinski definition) is 2. The molecule has 0 heterocycles. The Morgan fingerprint density at radius 2 is 2.21 bits per heavy atom. The first kappa shape index (κ1) is 13.7. The molecule has 1 atom stereocenters. The van der Waals surface area contributed by atoms with Crippen LogP contribution in [-0.4, -0.2) is 29.5 Å². The number of alkyl halides is 1. The highest BCUT2D eigenvalue weighted by atomic mass is 35.5. The molecule has 0 fully saturated rings. The maximum absolute atomic E-state index is 11.3. The van der Waals surface area contributed by atoms with E-state index in [4.69, 9.17) is 16.7 Å². The van der Waals surface area contributed by atoms with Crippen LogP contribution in [0.25, 0.3) is 0 Å². The van der Waals surface area contributed by atoms with E-state index in [9.17, 15) is 4.79 Å². The Balaban J connectivity index is 3.56. The highest BCUT2D eigenvalue weighted by Crippen LogP contribution is 2.00. The molecule has 0 aliphatic carbocycles. The molecule has 1 unspecified atom stereocenters. The van der Waals surface area contributed by atoms with Crippen molar-refractivity contribution >= 4 is 17.5 Å². The van der Waals surface area contributed by atoms with Crippen LogP contribution in [0.15, 0.2) is 0 Å². The Hall–Kier alpha value is -0.280. The van der Waals surface area contributed by atoms with Crippen molar-refractivity contribution in [3.05, 3.63) is 0 Å². The van der Waals surface area contributed by atoms with E-state index in [0.29, 0.717) is 18.7 Å². The summed E-state index contributed by atoms with van der Waals surface area (Å²) in [6.07, 6.45) is 3.75. The monoisotopic (exact) mass is 221 g/mol. The fourth-order valence-electron chi connectivity index (χ4n) is 1.21. The number of rotatable bonds is 8. The first-order chi connectivity index (χ1) is 6.74. The second kappa shape index (κ2) is 9.28. The molecular formula is C10H20ClNO2. The predicted octanol–water partition coefficient (Wildman–Crippen LogP) is 1.67. The Kier molecular flexibility index (Phi) is 9.10. The third kappa shape index (κ3) is 7.15. The third-order valence-corrected chi connectivity index (χ3v) is 2.39. The van der Waals surface area contributed by atoms with Crippen LogP contribution < -0.4 is 5.32 Å². The highest BCUT2D eigenvalue weighted by Gasteiger charge is 2.08. The lowest BCUT2D eigenvalue weighted by Crippen LogP contribution is -2.34. The molecule has 0 aromatic carbocycles. The molecule has 0 saturated carbocycles. The number of aliphatic hydroxyl groups excluding tert-OH is 1. The number of nitrogens with one attached hydrogen (secondary N) is 1. The van der Waals surface area contributed by atoms with E-state index in [2.05, 4.69) is 5.32 Å². The molecule has 0 aromatic rings. The average molecular weight is 222 g/mol. The maximum Gasteiger partial charge on any atom is 0.220 e. The molecule has 0 radical (unpaired) electrons. The van der Waals surface area contributed by atoms with Crippen molar-refractivity contribution in [2.24, 2.45) is 0 Å². The molecule has 0 rings (SSSR count). The topological polar surface area (TPSA) is 49.3 Å². The molecule has 3 nitrogen and oxygen atoms in total. The molecule has 0 bridgehead atoms. The van der Waals surface area contributed by atoms with Crippen molar-refractivity contribution in [1.82, 2.24) is 5.32 Å². The Bertz CT molecular complexity index is 153. The van der Waals surface area contributed by atoms with Gasteiger partial charge in [-0.1, -0.05) is 6.92 Å². The number of carbonyl (C=O) groups is 1. The van der Waals surface area contributed by atoms with Crippen molar-refractivity contribution in [2.45, 2.75) is 45.1 Å². The zero-order valence-electron chi connectivity index (χ0n) is 8.76. The SMILES string of the molecule is CCC(CCO)NC(=O)CCCCCl. The van der Waals surface area contributed by atoms with Crippen LogP contribution in [0.5, 0.6) is 0 Å². The number of halogens is 1. The van der Waals surface area contributed by atoms with Gasteiger partial charge in [-0.2, -0.15) is 0 Å². The lowest BCUT2D eigenvalue weighted by molar-refractivity contribution is -0.122. The minimum atomic E-state index is 0.0652. The molecule has 0 aliphatic rings. The van der Waals surface area contributed by atoms with Gasteiger partial charge in [0.2, 0.25) is 5.91 Å². The second-order valence-electron chi connectivity index (χ2n) is 3.33. The number of hydrogen-bond acceptors (Lipinski definition) is 2. The summed E-state index contributed by atoms with van der Waals surface area (Å²) in [5, 5.41) is 11.6. The normalized spacial score (nSPS) is 12.5. The summed E-state index contributed by atoms with van der Waals surface area (Å²) in [6, 6.07) is 0.114.